The Labute approximate surface area is 126 Å². The molecule has 0 fully saturated rings. The summed E-state index contributed by atoms with van der Waals surface area (Å²) >= 11 is 3.28. The fraction of sp³-hybridized carbons (Fsp3) is 0.583. The fourth-order valence-corrected chi connectivity index (χ4v) is 1.98. The topological polar surface area (TPSA) is 93.2 Å². The van der Waals surface area contributed by atoms with Crippen LogP contribution in [0.2, 0.25) is 0 Å². The van der Waals surface area contributed by atoms with Gasteiger partial charge in [0.05, 0.1) is 18.4 Å². The minimum atomic E-state index is -0.330. The molecule has 0 unspecified atom stereocenters. The lowest BCUT2D eigenvalue weighted by Crippen LogP contribution is -2.29. The van der Waals surface area contributed by atoms with E-state index in [2.05, 4.69) is 26.3 Å². The predicted octanol–water partition coefficient (Wildman–Crippen LogP) is 0.245. The van der Waals surface area contributed by atoms with Gasteiger partial charge in [-0.15, -0.1) is 0 Å². The number of aromatic nitrogens is 2. The smallest absolute Gasteiger partial charge is 0.283 e. The molecule has 0 spiro atoms. The van der Waals surface area contributed by atoms with Gasteiger partial charge in [-0.2, -0.15) is 5.10 Å². The average Bonchev–Trinajstić information content (AvgIpc) is 2.37. The molecule has 0 bridgehead atoms. The van der Waals surface area contributed by atoms with Crippen LogP contribution in [-0.2, 0) is 11.3 Å². The number of carbonyl (C=O) groups excluding carboxylic acids is 1. The number of nitrogens with one attached hydrogen (secondary N) is 1. The Morgan fingerprint density at radius 2 is 2.25 bits per heavy atom. The first-order chi connectivity index (χ1) is 9.41. The number of hydrogen-bond donors (Lipinski definition) is 2. The molecule has 0 aliphatic carbocycles. The standard InChI is InChI=1S/C12H20BrN5O2/c1-17(2)6-7-18-12(20)11(13)9(8-16-18)15-5-3-4-10(14)19/h8,15H,3-7H2,1-2H3,(H2,14,19). The SMILES string of the molecule is CN(C)CCn1ncc(NCCCC(N)=O)c(Br)c1=O. The molecule has 112 valence electrons. The van der Waals surface area contributed by atoms with Crippen molar-refractivity contribution in [2.24, 2.45) is 5.73 Å². The number of amides is 1. The van der Waals surface area contributed by atoms with E-state index < -0.39 is 0 Å². The van der Waals surface area contributed by atoms with Crippen LogP contribution in [-0.4, -0.2) is 47.8 Å². The average molecular weight is 346 g/mol. The van der Waals surface area contributed by atoms with Gasteiger partial charge >= 0.3 is 0 Å². The lowest BCUT2D eigenvalue weighted by atomic mass is 10.3. The summed E-state index contributed by atoms with van der Waals surface area (Å²) in [5, 5.41) is 7.18. The van der Waals surface area contributed by atoms with E-state index in [0.717, 1.165) is 6.54 Å². The van der Waals surface area contributed by atoms with Gasteiger partial charge in [0.1, 0.15) is 4.47 Å². The summed E-state index contributed by atoms with van der Waals surface area (Å²) in [6.45, 7) is 1.83. The van der Waals surface area contributed by atoms with Gasteiger partial charge in [0.25, 0.3) is 5.56 Å². The summed E-state index contributed by atoms with van der Waals surface area (Å²) in [4.78, 5) is 24.7. The molecule has 1 rings (SSSR count). The van der Waals surface area contributed by atoms with Gasteiger partial charge < -0.3 is 16.0 Å². The van der Waals surface area contributed by atoms with Crippen LogP contribution in [0.15, 0.2) is 15.5 Å². The van der Waals surface area contributed by atoms with Crippen LogP contribution < -0.4 is 16.6 Å². The van der Waals surface area contributed by atoms with E-state index in [1.807, 2.05) is 19.0 Å². The Morgan fingerprint density at radius 3 is 2.85 bits per heavy atom. The Hall–Kier alpha value is -1.41. The first-order valence-corrected chi connectivity index (χ1v) is 7.13. The number of hydrogen-bond acceptors (Lipinski definition) is 5. The van der Waals surface area contributed by atoms with Crippen molar-refractivity contribution in [3.63, 3.8) is 0 Å². The van der Waals surface area contributed by atoms with Crippen molar-refractivity contribution in [2.75, 3.05) is 32.5 Å². The molecule has 20 heavy (non-hydrogen) atoms. The molecule has 1 amide bonds. The summed E-state index contributed by atoms with van der Waals surface area (Å²) in [6.07, 6.45) is 2.54. The zero-order chi connectivity index (χ0) is 15.1. The van der Waals surface area contributed by atoms with Crippen LogP contribution in [0.25, 0.3) is 0 Å². The summed E-state index contributed by atoms with van der Waals surface area (Å²) in [5.41, 5.74) is 5.51. The molecule has 0 atom stereocenters. The quantitative estimate of drug-likeness (QED) is 0.658. The second kappa shape index (κ2) is 8.01. The molecule has 1 aromatic rings. The van der Waals surface area contributed by atoms with Crippen LogP contribution in [0.1, 0.15) is 12.8 Å². The number of anilines is 1. The Kier molecular flexibility index (Phi) is 6.66. The number of halogens is 1. The van der Waals surface area contributed by atoms with Crippen LogP contribution in [0.5, 0.6) is 0 Å². The molecule has 1 aromatic heterocycles. The van der Waals surface area contributed by atoms with Gasteiger partial charge in [-0.3, -0.25) is 9.59 Å². The summed E-state index contributed by atoms with van der Waals surface area (Å²) in [5.74, 6) is -0.330. The second-order valence-corrected chi connectivity index (χ2v) is 5.49. The zero-order valence-electron chi connectivity index (χ0n) is 11.7. The minimum Gasteiger partial charge on any atom is -0.383 e. The minimum absolute atomic E-state index is 0.174. The molecule has 0 aliphatic heterocycles. The summed E-state index contributed by atoms with van der Waals surface area (Å²) in [6, 6.07) is 0. The molecular formula is C12H20BrN5O2. The number of rotatable bonds is 8. The third kappa shape index (κ3) is 5.30. The highest BCUT2D eigenvalue weighted by Crippen LogP contribution is 2.15. The molecule has 0 saturated heterocycles. The predicted molar refractivity (Wildman–Crippen MR) is 81.7 cm³/mol. The van der Waals surface area contributed by atoms with Crippen LogP contribution >= 0.6 is 15.9 Å². The van der Waals surface area contributed by atoms with Crippen molar-refractivity contribution in [1.82, 2.24) is 14.7 Å². The lowest BCUT2D eigenvalue weighted by molar-refractivity contribution is -0.118. The van der Waals surface area contributed by atoms with Crippen LogP contribution in [0.3, 0.4) is 0 Å². The van der Waals surface area contributed by atoms with Gasteiger partial charge in [0.15, 0.2) is 0 Å². The third-order valence-electron chi connectivity index (χ3n) is 2.66. The van der Waals surface area contributed by atoms with E-state index >= 15 is 0 Å². The van der Waals surface area contributed by atoms with Crippen LogP contribution in [0.4, 0.5) is 5.69 Å². The van der Waals surface area contributed by atoms with Crippen molar-refractivity contribution in [2.45, 2.75) is 19.4 Å². The van der Waals surface area contributed by atoms with Gasteiger partial charge in [0.2, 0.25) is 5.91 Å². The Morgan fingerprint density at radius 1 is 1.55 bits per heavy atom. The maximum atomic E-state index is 12.1. The van der Waals surface area contributed by atoms with Gasteiger partial charge in [0, 0.05) is 19.5 Å². The van der Waals surface area contributed by atoms with E-state index in [1.165, 1.54) is 4.68 Å². The van der Waals surface area contributed by atoms with Crippen molar-refractivity contribution in [3.8, 4) is 0 Å². The van der Waals surface area contributed by atoms with Crippen molar-refractivity contribution >= 4 is 27.5 Å². The molecule has 0 radical (unpaired) electrons. The van der Waals surface area contributed by atoms with Crippen LogP contribution in [0, 0.1) is 0 Å². The number of likely N-dealkylation sites (N-methyl/N-ethyl adjacent to an activating group) is 1. The van der Waals surface area contributed by atoms with E-state index in [1.54, 1.807) is 6.20 Å². The first-order valence-electron chi connectivity index (χ1n) is 6.34. The molecule has 1 heterocycles. The molecular weight excluding hydrogens is 326 g/mol. The largest absolute Gasteiger partial charge is 0.383 e. The lowest BCUT2D eigenvalue weighted by Gasteiger charge is -2.12. The number of nitrogens with zero attached hydrogens (tertiary/aromatic N) is 3. The Bertz CT molecular complexity index is 515. The fourth-order valence-electron chi connectivity index (χ4n) is 1.53. The number of carbonyl (C=O) groups is 1. The second-order valence-electron chi connectivity index (χ2n) is 4.70. The van der Waals surface area contributed by atoms with Crippen molar-refractivity contribution in [3.05, 3.63) is 21.0 Å². The van der Waals surface area contributed by atoms with E-state index in [-0.39, 0.29) is 11.5 Å². The first kappa shape index (κ1) is 16.6. The molecule has 8 heteroatoms. The normalized spacial score (nSPS) is 10.8. The number of primary amides is 1. The number of nitrogens with two attached hydrogens (primary N) is 1. The third-order valence-corrected chi connectivity index (χ3v) is 3.43. The van der Waals surface area contributed by atoms with E-state index in [0.29, 0.717) is 36.1 Å². The summed E-state index contributed by atoms with van der Waals surface area (Å²) < 4.78 is 1.86. The van der Waals surface area contributed by atoms with Gasteiger partial charge in [-0.05, 0) is 36.4 Å². The highest BCUT2D eigenvalue weighted by atomic mass is 79.9. The molecule has 0 aliphatic rings. The van der Waals surface area contributed by atoms with Gasteiger partial charge in [-0.1, -0.05) is 0 Å². The highest BCUT2D eigenvalue weighted by Gasteiger charge is 2.08. The highest BCUT2D eigenvalue weighted by molar-refractivity contribution is 9.10. The van der Waals surface area contributed by atoms with Gasteiger partial charge in [-0.25, -0.2) is 4.68 Å². The molecule has 0 aromatic carbocycles. The summed E-state index contributed by atoms with van der Waals surface area (Å²) in [7, 11) is 3.88. The molecule has 7 nitrogen and oxygen atoms in total. The van der Waals surface area contributed by atoms with E-state index in [4.69, 9.17) is 5.73 Å². The maximum Gasteiger partial charge on any atom is 0.283 e. The zero-order valence-corrected chi connectivity index (χ0v) is 13.3. The maximum absolute atomic E-state index is 12.1. The Balaban J connectivity index is 2.64. The molecule has 0 saturated carbocycles. The monoisotopic (exact) mass is 345 g/mol. The van der Waals surface area contributed by atoms with Crippen molar-refractivity contribution < 1.29 is 4.79 Å². The molecule has 3 N–H and O–H groups in total. The van der Waals surface area contributed by atoms with Crippen molar-refractivity contribution in [1.29, 1.82) is 0 Å². The van der Waals surface area contributed by atoms with E-state index in [9.17, 15) is 9.59 Å².